The Morgan fingerprint density at radius 3 is 1.88 bits per heavy atom. The highest BCUT2D eigenvalue weighted by Gasteiger charge is 2.18. The van der Waals surface area contributed by atoms with Gasteiger partial charge in [0.15, 0.2) is 9.84 Å². The van der Waals surface area contributed by atoms with Crippen molar-refractivity contribution in [2.24, 2.45) is 5.92 Å². The van der Waals surface area contributed by atoms with Gasteiger partial charge in [-0.2, -0.15) is 0 Å². The summed E-state index contributed by atoms with van der Waals surface area (Å²) in [5.74, 6) is -0.0414. The second-order valence-electron chi connectivity index (χ2n) is 4.62. The molecule has 0 fully saturated rings. The van der Waals surface area contributed by atoms with Crippen LogP contribution in [0.1, 0.15) is 32.3 Å². The minimum Gasteiger partial charge on any atom is -0.299 e. The molecule has 94 valence electrons. The molecule has 0 aliphatic rings. The molecule has 0 saturated heterocycles. The molecule has 0 aromatic heterocycles. The molecule has 0 aliphatic carbocycles. The first kappa shape index (κ1) is 13.9. The maximum absolute atomic E-state index is 11.8. The van der Waals surface area contributed by atoms with Gasteiger partial charge in [-0.15, -0.1) is 0 Å². The lowest BCUT2D eigenvalue weighted by molar-refractivity contribution is -0.123. The average Bonchev–Trinajstić information content (AvgIpc) is 2.26. The third-order valence-electron chi connectivity index (χ3n) is 2.80. The molecule has 4 heteroatoms. The lowest BCUT2D eigenvalue weighted by Gasteiger charge is -2.13. The summed E-state index contributed by atoms with van der Waals surface area (Å²) in [7, 11) is -3.17. The number of hydrogen-bond donors (Lipinski definition) is 0. The number of rotatable bonds is 4. The third-order valence-corrected chi connectivity index (χ3v) is 3.93. The highest BCUT2D eigenvalue weighted by molar-refractivity contribution is 7.90. The fourth-order valence-corrected chi connectivity index (χ4v) is 2.30. The Balaban J connectivity index is 3.00. The predicted octanol–water partition coefficient (Wildman–Crippen LogP) is 2.42. The summed E-state index contributed by atoms with van der Waals surface area (Å²) in [5.41, 5.74) is 0.858. The van der Waals surface area contributed by atoms with E-state index in [1.807, 2.05) is 20.8 Å². The number of sulfone groups is 1. The van der Waals surface area contributed by atoms with Crippen LogP contribution in [0, 0.1) is 5.92 Å². The summed E-state index contributed by atoms with van der Waals surface area (Å²) < 4.78 is 22.6. The first-order chi connectivity index (χ1) is 7.73. The number of benzene rings is 1. The van der Waals surface area contributed by atoms with Crippen LogP contribution in [0.25, 0.3) is 0 Å². The van der Waals surface area contributed by atoms with Gasteiger partial charge < -0.3 is 0 Å². The topological polar surface area (TPSA) is 51.2 Å². The molecule has 3 nitrogen and oxygen atoms in total. The van der Waals surface area contributed by atoms with E-state index in [1.54, 1.807) is 24.3 Å². The zero-order valence-corrected chi connectivity index (χ0v) is 11.4. The molecule has 1 atom stereocenters. The Hall–Kier alpha value is -1.16. The van der Waals surface area contributed by atoms with Gasteiger partial charge in [0.05, 0.1) is 4.90 Å². The molecule has 0 radical (unpaired) electrons. The van der Waals surface area contributed by atoms with Crippen LogP contribution in [0.2, 0.25) is 0 Å². The molecule has 17 heavy (non-hydrogen) atoms. The zero-order chi connectivity index (χ0) is 13.2. The highest BCUT2D eigenvalue weighted by atomic mass is 32.2. The van der Waals surface area contributed by atoms with Crippen molar-refractivity contribution >= 4 is 15.6 Å². The average molecular weight is 254 g/mol. The third kappa shape index (κ3) is 3.40. The van der Waals surface area contributed by atoms with Gasteiger partial charge >= 0.3 is 0 Å². The second kappa shape index (κ2) is 5.00. The van der Waals surface area contributed by atoms with Gasteiger partial charge in [0.1, 0.15) is 5.78 Å². The lowest BCUT2D eigenvalue weighted by atomic mass is 9.91. The summed E-state index contributed by atoms with van der Waals surface area (Å²) in [6, 6.07) is 6.52. The minimum absolute atomic E-state index is 0.0143. The number of carbonyl (C=O) groups excluding carboxylic acids is 1. The number of carbonyl (C=O) groups is 1. The summed E-state index contributed by atoms with van der Waals surface area (Å²) in [4.78, 5) is 12.1. The van der Waals surface area contributed by atoms with Gasteiger partial charge in [0.2, 0.25) is 0 Å². The fourth-order valence-electron chi connectivity index (χ4n) is 1.67. The van der Waals surface area contributed by atoms with Gasteiger partial charge in [-0.1, -0.05) is 32.9 Å². The van der Waals surface area contributed by atoms with Gasteiger partial charge in [0.25, 0.3) is 0 Å². The summed E-state index contributed by atoms with van der Waals surface area (Å²) >= 11 is 0. The normalized spacial score (nSPS) is 13.7. The van der Waals surface area contributed by atoms with Crippen molar-refractivity contribution in [3.8, 4) is 0 Å². The van der Waals surface area contributed by atoms with E-state index >= 15 is 0 Å². The molecular weight excluding hydrogens is 236 g/mol. The van der Waals surface area contributed by atoms with Crippen molar-refractivity contribution in [1.82, 2.24) is 0 Å². The van der Waals surface area contributed by atoms with Crippen LogP contribution in [0.4, 0.5) is 0 Å². The molecule has 1 rings (SSSR count). The number of hydrogen-bond acceptors (Lipinski definition) is 3. The first-order valence-electron chi connectivity index (χ1n) is 5.57. The van der Waals surface area contributed by atoms with Crippen molar-refractivity contribution in [3.63, 3.8) is 0 Å². The summed E-state index contributed by atoms with van der Waals surface area (Å²) in [5, 5.41) is 0. The Morgan fingerprint density at radius 2 is 1.53 bits per heavy atom. The van der Waals surface area contributed by atoms with E-state index in [0.717, 1.165) is 5.56 Å². The van der Waals surface area contributed by atoms with Crippen molar-refractivity contribution in [3.05, 3.63) is 29.8 Å². The molecule has 0 heterocycles. The molecule has 0 aliphatic heterocycles. The maximum Gasteiger partial charge on any atom is 0.175 e. The van der Waals surface area contributed by atoms with Crippen LogP contribution in [0.15, 0.2) is 29.2 Å². The molecule has 1 unspecified atom stereocenters. The largest absolute Gasteiger partial charge is 0.299 e. The fraction of sp³-hybridized carbons (Fsp3) is 0.462. The molecule has 0 spiro atoms. The van der Waals surface area contributed by atoms with Crippen LogP contribution in [0.5, 0.6) is 0 Å². The Kier molecular flexibility index (Phi) is 4.09. The molecule has 0 saturated carbocycles. The van der Waals surface area contributed by atoms with E-state index in [2.05, 4.69) is 0 Å². The van der Waals surface area contributed by atoms with Crippen molar-refractivity contribution in [2.75, 3.05) is 6.26 Å². The van der Waals surface area contributed by atoms with E-state index in [4.69, 9.17) is 0 Å². The smallest absolute Gasteiger partial charge is 0.175 e. The quantitative estimate of drug-likeness (QED) is 0.829. The molecule has 0 bridgehead atoms. The van der Waals surface area contributed by atoms with Crippen LogP contribution in [-0.2, 0) is 14.6 Å². The number of Topliss-reactive ketones (excluding diaryl/α,β-unsaturated/α-hetero) is 1. The second-order valence-corrected chi connectivity index (χ2v) is 6.64. The Morgan fingerprint density at radius 1 is 1.06 bits per heavy atom. The lowest BCUT2D eigenvalue weighted by Crippen LogP contribution is -2.15. The maximum atomic E-state index is 11.8. The van der Waals surface area contributed by atoms with Crippen LogP contribution >= 0.6 is 0 Å². The minimum atomic E-state index is -3.17. The molecule has 0 N–H and O–H groups in total. The molecule has 1 aromatic carbocycles. The van der Waals surface area contributed by atoms with E-state index in [1.165, 1.54) is 6.26 Å². The SMILES string of the molecule is CC(C)C(=O)C(C)c1ccc(S(C)(=O)=O)cc1. The van der Waals surface area contributed by atoms with Gasteiger partial charge in [0, 0.05) is 18.1 Å². The highest BCUT2D eigenvalue weighted by Crippen LogP contribution is 2.21. The van der Waals surface area contributed by atoms with E-state index in [9.17, 15) is 13.2 Å². The first-order valence-corrected chi connectivity index (χ1v) is 7.46. The van der Waals surface area contributed by atoms with Crippen LogP contribution in [-0.4, -0.2) is 20.5 Å². The summed E-state index contributed by atoms with van der Waals surface area (Å²) in [6.45, 7) is 5.57. The number of ketones is 1. The predicted molar refractivity (Wildman–Crippen MR) is 67.8 cm³/mol. The molecule has 1 aromatic rings. The van der Waals surface area contributed by atoms with Gasteiger partial charge in [-0.25, -0.2) is 8.42 Å². The molecular formula is C13H18O3S. The van der Waals surface area contributed by atoms with Crippen molar-refractivity contribution in [2.45, 2.75) is 31.6 Å². The van der Waals surface area contributed by atoms with Crippen LogP contribution in [0.3, 0.4) is 0 Å². The monoisotopic (exact) mass is 254 g/mol. The zero-order valence-electron chi connectivity index (χ0n) is 10.6. The van der Waals surface area contributed by atoms with Gasteiger partial charge in [-0.3, -0.25) is 4.79 Å². The van der Waals surface area contributed by atoms with E-state index in [-0.39, 0.29) is 22.5 Å². The molecule has 0 amide bonds. The van der Waals surface area contributed by atoms with E-state index < -0.39 is 9.84 Å². The van der Waals surface area contributed by atoms with Crippen molar-refractivity contribution < 1.29 is 13.2 Å². The van der Waals surface area contributed by atoms with Gasteiger partial charge in [-0.05, 0) is 17.7 Å². The Labute approximate surface area is 103 Å². The summed E-state index contributed by atoms with van der Waals surface area (Å²) in [6.07, 6.45) is 1.17. The van der Waals surface area contributed by atoms with Crippen molar-refractivity contribution in [1.29, 1.82) is 0 Å². The standard InChI is InChI=1S/C13H18O3S/c1-9(2)13(14)10(3)11-5-7-12(8-6-11)17(4,15)16/h5-10H,1-4H3. The Bertz CT molecular complexity index is 498. The van der Waals surface area contributed by atoms with E-state index in [0.29, 0.717) is 0 Å². The van der Waals surface area contributed by atoms with Crippen LogP contribution < -0.4 is 0 Å².